The van der Waals surface area contributed by atoms with Crippen molar-refractivity contribution < 1.29 is 4.79 Å². The SMILES string of the molecule is O=C(Nc1ccc2nn(-c3cccc4ccccc34)nc2c1)c1cccnc1Cl. The number of fused-ring (bicyclic) bond motifs is 2. The van der Waals surface area contributed by atoms with E-state index in [9.17, 15) is 4.79 Å². The number of carbonyl (C=O) groups excluding carboxylic acids is 1. The van der Waals surface area contributed by atoms with E-state index in [0.717, 1.165) is 22.0 Å². The van der Waals surface area contributed by atoms with Gasteiger partial charge in [-0.3, -0.25) is 4.79 Å². The first-order chi connectivity index (χ1) is 14.2. The Morgan fingerprint density at radius 2 is 1.72 bits per heavy atom. The highest BCUT2D eigenvalue weighted by Gasteiger charge is 2.13. The number of anilines is 1. The number of hydrogen-bond donors (Lipinski definition) is 1. The molecule has 0 aliphatic rings. The Labute approximate surface area is 170 Å². The van der Waals surface area contributed by atoms with Crippen LogP contribution in [0.2, 0.25) is 5.15 Å². The number of aromatic nitrogens is 4. The predicted molar refractivity (Wildman–Crippen MR) is 114 cm³/mol. The highest BCUT2D eigenvalue weighted by molar-refractivity contribution is 6.33. The van der Waals surface area contributed by atoms with Crippen molar-refractivity contribution in [3.8, 4) is 5.69 Å². The molecule has 6 nitrogen and oxygen atoms in total. The smallest absolute Gasteiger partial charge is 0.258 e. The summed E-state index contributed by atoms with van der Waals surface area (Å²) in [5, 5.41) is 14.4. The lowest BCUT2D eigenvalue weighted by atomic mass is 10.1. The highest BCUT2D eigenvalue weighted by atomic mass is 35.5. The molecule has 0 aliphatic heterocycles. The summed E-state index contributed by atoms with van der Waals surface area (Å²) in [7, 11) is 0. The summed E-state index contributed by atoms with van der Waals surface area (Å²) < 4.78 is 0. The van der Waals surface area contributed by atoms with Gasteiger partial charge in [-0.25, -0.2) is 4.98 Å². The quantitative estimate of drug-likeness (QED) is 0.439. The third-order valence-corrected chi connectivity index (χ3v) is 4.93. The van der Waals surface area contributed by atoms with Crippen LogP contribution in [0.4, 0.5) is 5.69 Å². The lowest BCUT2D eigenvalue weighted by Crippen LogP contribution is -2.12. The molecule has 1 amide bonds. The zero-order valence-corrected chi connectivity index (χ0v) is 15.8. The molecule has 0 saturated carbocycles. The van der Waals surface area contributed by atoms with Gasteiger partial charge in [0.15, 0.2) is 0 Å². The minimum atomic E-state index is -0.330. The lowest BCUT2D eigenvalue weighted by Gasteiger charge is -2.05. The Kier molecular flexibility index (Phi) is 4.18. The van der Waals surface area contributed by atoms with Crippen molar-refractivity contribution in [3.05, 3.63) is 89.7 Å². The van der Waals surface area contributed by atoms with Gasteiger partial charge < -0.3 is 5.32 Å². The molecule has 0 bridgehead atoms. The molecule has 0 unspecified atom stereocenters. The van der Waals surface area contributed by atoms with Crippen molar-refractivity contribution in [1.29, 1.82) is 0 Å². The van der Waals surface area contributed by atoms with E-state index in [-0.39, 0.29) is 11.1 Å². The molecule has 0 saturated heterocycles. The van der Waals surface area contributed by atoms with Crippen LogP contribution in [0.15, 0.2) is 79.0 Å². The Bertz CT molecular complexity index is 1370. The summed E-state index contributed by atoms with van der Waals surface area (Å²) in [6.45, 7) is 0. The van der Waals surface area contributed by atoms with Crippen LogP contribution in [0.3, 0.4) is 0 Å². The van der Waals surface area contributed by atoms with E-state index in [4.69, 9.17) is 11.6 Å². The number of benzene rings is 3. The fourth-order valence-electron chi connectivity index (χ4n) is 3.24. The molecule has 0 radical (unpaired) electrons. The summed E-state index contributed by atoms with van der Waals surface area (Å²) in [5.74, 6) is -0.330. The Morgan fingerprint density at radius 3 is 2.62 bits per heavy atom. The molecule has 2 aromatic heterocycles. The van der Waals surface area contributed by atoms with E-state index in [2.05, 4.69) is 32.6 Å². The van der Waals surface area contributed by atoms with Crippen molar-refractivity contribution in [2.24, 2.45) is 0 Å². The molecule has 3 aromatic carbocycles. The van der Waals surface area contributed by atoms with Crippen molar-refractivity contribution >= 4 is 45.0 Å². The standard InChI is InChI=1S/C22H14ClN5O/c23-21-17(8-4-12-24-21)22(29)25-15-10-11-18-19(13-15)27-28(26-18)20-9-3-6-14-5-1-2-7-16(14)20/h1-13H,(H,25,29). The van der Waals surface area contributed by atoms with E-state index in [1.165, 1.54) is 6.20 Å². The molecule has 5 aromatic rings. The van der Waals surface area contributed by atoms with Gasteiger partial charge in [0.05, 0.1) is 11.3 Å². The van der Waals surface area contributed by atoms with Gasteiger partial charge >= 0.3 is 0 Å². The second-order valence-electron chi connectivity index (χ2n) is 6.49. The Morgan fingerprint density at radius 1 is 0.897 bits per heavy atom. The van der Waals surface area contributed by atoms with Gasteiger partial charge in [-0.05, 0) is 41.8 Å². The fraction of sp³-hybridized carbons (Fsp3) is 0. The van der Waals surface area contributed by atoms with E-state index < -0.39 is 0 Å². The molecule has 7 heteroatoms. The second-order valence-corrected chi connectivity index (χ2v) is 6.85. The van der Waals surface area contributed by atoms with Crippen molar-refractivity contribution in [2.45, 2.75) is 0 Å². The number of hydrogen-bond acceptors (Lipinski definition) is 4. The number of rotatable bonds is 3. The van der Waals surface area contributed by atoms with Gasteiger partial charge in [0.1, 0.15) is 16.2 Å². The zero-order chi connectivity index (χ0) is 19.8. The maximum atomic E-state index is 12.5. The van der Waals surface area contributed by atoms with Gasteiger partial charge in [-0.15, -0.1) is 15.0 Å². The second kappa shape index (κ2) is 7.00. The van der Waals surface area contributed by atoms with Crippen LogP contribution in [0.25, 0.3) is 27.5 Å². The Balaban J connectivity index is 1.51. The topological polar surface area (TPSA) is 72.7 Å². The molecule has 29 heavy (non-hydrogen) atoms. The average molecular weight is 400 g/mol. The van der Waals surface area contributed by atoms with Gasteiger partial charge in [-0.2, -0.15) is 0 Å². The molecule has 0 aliphatic carbocycles. The van der Waals surface area contributed by atoms with Crippen molar-refractivity contribution in [2.75, 3.05) is 5.32 Å². The molecular formula is C22H14ClN5O. The van der Waals surface area contributed by atoms with E-state index in [1.54, 1.807) is 29.1 Å². The first-order valence-electron chi connectivity index (χ1n) is 8.96. The molecule has 140 valence electrons. The number of carbonyl (C=O) groups is 1. The summed E-state index contributed by atoms with van der Waals surface area (Å²) in [5.41, 5.74) is 3.22. The fourth-order valence-corrected chi connectivity index (χ4v) is 3.44. The predicted octanol–water partition coefficient (Wildman–Crippen LogP) is 4.87. The van der Waals surface area contributed by atoms with E-state index in [1.807, 2.05) is 36.4 Å². The third kappa shape index (κ3) is 3.19. The van der Waals surface area contributed by atoms with Crippen LogP contribution in [0.5, 0.6) is 0 Å². The van der Waals surface area contributed by atoms with Crippen molar-refractivity contribution in [3.63, 3.8) is 0 Å². The van der Waals surface area contributed by atoms with Gasteiger partial charge in [-0.1, -0.05) is 48.0 Å². The molecule has 0 fully saturated rings. The molecule has 0 atom stereocenters. The summed E-state index contributed by atoms with van der Waals surface area (Å²) >= 11 is 6.00. The van der Waals surface area contributed by atoms with Crippen LogP contribution in [0.1, 0.15) is 10.4 Å². The maximum Gasteiger partial charge on any atom is 0.258 e. The van der Waals surface area contributed by atoms with Crippen LogP contribution >= 0.6 is 11.6 Å². The largest absolute Gasteiger partial charge is 0.322 e. The maximum absolute atomic E-state index is 12.5. The number of amides is 1. The van der Waals surface area contributed by atoms with E-state index in [0.29, 0.717) is 16.8 Å². The molecule has 0 spiro atoms. The van der Waals surface area contributed by atoms with Gasteiger partial charge in [0.25, 0.3) is 5.91 Å². The summed E-state index contributed by atoms with van der Waals surface area (Å²) in [6.07, 6.45) is 1.54. The number of nitrogens with one attached hydrogen (secondary N) is 1. The first kappa shape index (κ1) is 17.3. The summed E-state index contributed by atoms with van der Waals surface area (Å²) in [6, 6.07) is 22.8. The summed E-state index contributed by atoms with van der Waals surface area (Å²) in [4.78, 5) is 18.0. The Hall–Kier alpha value is -3.77. The van der Waals surface area contributed by atoms with Crippen LogP contribution in [-0.2, 0) is 0 Å². The zero-order valence-electron chi connectivity index (χ0n) is 15.1. The third-order valence-electron chi connectivity index (χ3n) is 4.62. The first-order valence-corrected chi connectivity index (χ1v) is 9.34. The highest BCUT2D eigenvalue weighted by Crippen LogP contribution is 2.24. The normalized spacial score (nSPS) is 11.1. The number of nitrogens with zero attached hydrogens (tertiary/aromatic N) is 4. The molecular weight excluding hydrogens is 386 g/mol. The van der Waals surface area contributed by atoms with E-state index >= 15 is 0 Å². The van der Waals surface area contributed by atoms with Crippen molar-refractivity contribution in [1.82, 2.24) is 20.0 Å². The minimum absolute atomic E-state index is 0.160. The van der Waals surface area contributed by atoms with Crippen LogP contribution in [-0.4, -0.2) is 25.9 Å². The van der Waals surface area contributed by atoms with Crippen LogP contribution < -0.4 is 5.32 Å². The lowest BCUT2D eigenvalue weighted by molar-refractivity contribution is 0.102. The monoisotopic (exact) mass is 399 g/mol. The average Bonchev–Trinajstić information content (AvgIpc) is 3.17. The van der Waals surface area contributed by atoms with Gasteiger partial charge in [0, 0.05) is 17.3 Å². The number of pyridine rings is 1. The minimum Gasteiger partial charge on any atom is -0.322 e. The molecule has 1 N–H and O–H groups in total. The number of halogens is 1. The molecule has 2 heterocycles. The van der Waals surface area contributed by atoms with Crippen LogP contribution in [0, 0.1) is 0 Å². The van der Waals surface area contributed by atoms with Gasteiger partial charge in [0.2, 0.25) is 0 Å². The molecule has 5 rings (SSSR count).